The zero-order valence-electron chi connectivity index (χ0n) is 19.8. The number of fused-ring (bicyclic) bond motifs is 5. The summed E-state index contributed by atoms with van der Waals surface area (Å²) in [5.41, 5.74) is 0.893. The number of allylic oxidation sites excluding steroid dienone is 1. The first-order valence-electron chi connectivity index (χ1n) is 12.4. The zero-order valence-corrected chi connectivity index (χ0v) is 19.8. The predicted molar refractivity (Wildman–Crippen MR) is 125 cm³/mol. The number of nitro benzene ring substituents is 2. The van der Waals surface area contributed by atoms with Crippen molar-refractivity contribution in [2.45, 2.75) is 77.7 Å². The predicted octanol–water partition coefficient (Wildman–Crippen LogP) is 6.38. The molecule has 3 saturated carbocycles. The van der Waals surface area contributed by atoms with E-state index in [1.807, 2.05) is 0 Å². The number of carbonyl (C=O) groups is 1. The molecule has 0 saturated heterocycles. The van der Waals surface area contributed by atoms with E-state index in [0.29, 0.717) is 17.8 Å². The summed E-state index contributed by atoms with van der Waals surface area (Å²) in [5, 5.41) is 22.3. The summed E-state index contributed by atoms with van der Waals surface area (Å²) in [6.45, 7) is 4.90. The minimum atomic E-state index is -0.742. The molecular formula is C26H32N2O6. The van der Waals surface area contributed by atoms with Crippen molar-refractivity contribution in [1.82, 2.24) is 0 Å². The maximum atomic E-state index is 12.8. The smallest absolute Gasteiger partial charge is 0.338 e. The van der Waals surface area contributed by atoms with E-state index in [1.165, 1.54) is 37.7 Å². The van der Waals surface area contributed by atoms with Gasteiger partial charge in [0.15, 0.2) is 0 Å². The van der Waals surface area contributed by atoms with E-state index in [2.05, 4.69) is 19.9 Å². The van der Waals surface area contributed by atoms with Crippen molar-refractivity contribution in [1.29, 1.82) is 0 Å². The van der Waals surface area contributed by atoms with E-state index < -0.39 is 27.2 Å². The van der Waals surface area contributed by atoms with Crippen molar-refractivity contribution in [2.24, 2.45) is 28.6 Å². The van der Waals surface area contributed by atoms with Gasteiger partial charge >= 0.3 is 5.97 Å². The number of nitrogens with zero attached hydrogens (tertiary/aromatic N) is 2. The molecule has 0 spiro atoms. The van der Waals surface area contributed by atoms with E-state index in [-0.39, 0.29) is 17.1 Å². The zero-order chi connectivity index (χ0) is 24.3. The molecule has 0 unspecified atom stereocenters. The second-order valence-corrected chi connectivity index (χ2v) is 11.4. The Balaban J connectivity index is 1.32. The van der Waals surface area contributed by atoms with Crippen molar-refractivity contribution in [3.8, 4) is 0 Å². The lowest BCUT2D eigenvalue weighted by molar-refractivity contribution is -0.394. The number of hydrogen-bond donors (Lipinski definition) is 0. The minimum absolute atomic E-state index is 0.139. The van der Waals surface area contributed by atoms with Crippen LogP contribution in [0.5, 0.6) is 0 Å². The first-order valence-corrected chi connectivity index (χ1v) is 12.4. The van der Waals surface area contributed by atoms with Crippen LogP contribution in [-0.4, -0.2) is 21.9 Å². The van der Waals surface area contributed by atoms with Crippen LogP contribution in [0.3, 0.4) is 0 Å². The summed E-state index contributed by atoms with van der Waals surface area (Å²) < 4.78 is 5.74. The van der Waals surface area contributed by atoms with Crippen molar-refractivity contribution >= 4 is 17.3 Å². The molecule has 0 aliphatic heterocycles. The summed E-state index contributed by atoms with van der Waals surface area (Å²) in [4.78, 5) is 33.7. The second-order valence-electron chi connectivity index (χ2n) is 11.4. The van der Waals surface area contributed by atoms with Gasteiger partial charge in [-0.25, -0.2) is 4.79 Å². The quantitative estimate of drug-likeness (QED) is 0.219. The van der Waals surface area contributed by atoms with Crippen LogP contribution in [0, 0.1) is 48.8 Å². The Morgan fingerprint density at radius 1 is 0.971 bits per heavy atom. The van der Waals surface area contributed by atoms with Gasteiger partial charge in [0.1, 0.15) is 6.10 Å². The average Bonchev–Trinajstić information content (AvgIpc) is 3.20. The van der Waals surface area contributed by atoms with Crippen molar-refractivity contribution in [2.75, 3.05) is 0 Å². The van der Waals surface area contributed by atoms with Gasteiger partial charge in [0.2, 0.25) is 0 Å². The van der Waals surface area contributed by atoms with Gasteiger partial charge in [0, 0.05) is 18.6 Å². The standard InChI is InChI=1S/C26H32N2O6/c1-25-9-3-4-22(25)21-6-5-17-14-20(7-11-26(17,2)23(21)8-10-25)34-24(29)16-12-18(27(30)31)15-19(13-16)28(32)33/h5,12-13,15,20-23H,3-4,6-11,14H2,1-2H3/t20-,21+,22+,23+,25+,26+/m1/s1. The summed E-state index contributed by atoms with van der Waals surface area (Å²) in [6, 6.07) is 2.95. The molecule has 0 bridgehead atoms. The number of non-ortho nitro benzene ring substituents is 2. The molecule has 1 aromatic carbocycles. The first-order chi connectivity index (χ1) is 16.1. The Labute approximate surface area is 199 Å². The van der Waals surface area contributed by atoms with Gasteiger partial charge in [-0.05, 0) is 73.5 Å². The lowest BCUT2D eigenvalue weighted by atomic mass is 9.48. The van der Waals surface area contributed by atoms with Gasteiger partial charge in [0.25, 0.3) is 11.4 Å². The third-order valence-electron chi connectivity index (χ3n) is 9.67. The fourth-order valence-corrected chi connectivity index (χ4v) is 7.86. The molecule has 0 heterocycles. The van der Waals surface area contributed by atoms with Crippen LogP contribution >= 0.6 is 0 Å². The molecule has 4 aliphatic carbocycles. The van der Waals surface area contributed by atoms with Gasteiger partial charge in [-0.15, -0.1) is 0 Å². The van der Waals surface area contributed by atoms with Crippen LogP contribution in [0.25, 0.3) is 0 Å². The Morgan fingerprint density at radius 3 is 2.35 bits per heavy atom. The van der Waals surface area contributed by atoms with Crippen molar-refractivity contribution < 1.29 is 19.4 Å². The number of benzene rings is 1. The molecule has 34 heavy (non-hydrogen) atoms. The number of rotatable bonds is 4. The SMILES string of the molecule is C[C@@]12CCC[C@H]1[C@@H]1CC=C3C[C@H](OC(=O)c4cc([N+](=O)[O-])cc([N+](=O)[O-])c4)CC[C@]3(C)[C@H]1CC2. The molecule has 4 aliphatic rings. The summed E-state index contributed by atoms with van der Waals surface area (Å²) in [7, 11) is 0. The maximum Gasteiger partial charge on any atom is 0.338 e. The van der Waals surface area contributed by atoms with Crippen LogP contribution in [0.2, 0.25) is 0 Å². The molecule has 0 N–H and O–H groups in total. The van der Waals surface area contributed by atoms with Crippen molar-refractivity contribution in [3.05, 3.63) is 55.6 Å². The van der Waals surface area contributed by atoms with E-state index in [1.54, 1.807) is 0 Å². The highest BCUT2D eigenvalue weighted by atomic mass is 16.6. The Kier molecular flexibility index (Phi) is 5.52. The highest BCUT2D eigenvalue weighted by molar-refractivity contribution is 5.91. The summed E-state index contributed by atoms with van der Waals surface area (Å²) in [6.07, 6.45) is 12.2. The highest BCUT2D eigenvalue weighted by Gasteiger charge is 2.56. The fourth-order valence-electron chi connectivity index (χ4n) is 7.86. The van der Waals surface area contributed by atoms with Gasteiger partial charge in [-0.1, -0.05) is 31.9 Å². The molecule has 0 radical (unpaired) electrons. The van der Waals surface area contributed by atoms with Gasteiger partial charge in [0.05, 0.1) is 21.5 Å². The summed E-state index contributed by atoms with van der Waals surface area (Å²) >= 11 is 0. The van der Waals surface area contributed by atoms with Gasteiger partial charge in [-0.2, -0.15) is 0 Å². The molecule has 5 rings (SSSR count). The number of ether oxygens (including phenoxy) is 1. The van der Waals surface area contributed by atoms with Crippen molar-refractivity contribution in [3.63, 3.8) is 0 Å². The lowest BCUT2D eigenvalue weighted by Crippen LogP contribution is -2.49. The molecule has 8 nitrogen and oxygen atoms in total. The third kappa shape index (κ3) is 3.71. The fraction of sp³-hybridized carbons (Fsp3) is 0.654. The second kappa shape index (κ2) is 8.17. The molecule has 3 fully saturated rings. The lowest BCUT2D eigenvalue weighted by Gasteiger charge is -2.57. The molecule has 0 amide bonds. The topological polar surface area (TPSA) is 113 Å². The molecule has 1 aromatic rings. The Hall–Kier alpha value is -2.77. The van der Waals surface area contributed by atoms with Gasteiger partial charge < -0.3 is 4.74 Å². The van der Waals surface area contributed by atoms with E-state index in [0.717, 1.165) is 49.3 Å². The monoisotopic (exact) mass is 468 g/mol. The van der Waals surface area contributed by atoms with Crippen LogP contribution in [-0.2, 0) is 4.74 Å². The molecule has 182 valence electrons. The number of hydrogen-bond acceptors (Lipinski definition) is 6. The van der Waals surface area contributed by atoms with Crippen LogP contribution in [0.4, 0.5) is 11.4 Å². The normalized spacial score (nSPS) is 36.5. The maximum absolute atomic E-state index is 12.8. The first kappa shape index (κ1) is 23.0. The van der Waals surface area contributed by atoms with Crippen LogP contribution < -0.4 is 0 Å². The van der Waals surface area contributed by atoms with E-state index >= 15 is 0 Å². The van der Waals surface area contributed by atoms with Crippen LogP contribution in [0.15, 0.2) is 29.8 Å². The largest absolute Gasteiger partial charge is 0.458 e. The van der Waals surface area contributed by atoms with Gasteiger partial charge in [-0.3, -0.25) is 20.2 Å². The Bertz CT molecular complexity index is 1050. The summed E-state index contributed by atoms with van der Waals surface area (Å²) in [5.74, 6) is 1.51. The molecule has 6 atom stereocenters. The molecular weight excluding hydrogens is 436 g/mol. The number of nitro groups is 2. The van der Waals surface area contributed by atoms with E-state index in [9.17, 15) is 25.0 Å². The minimum Gasteiger partial charge on any atom is -0.458 e. The number of carbonyl (C=O) groups excluding carboxylic acids is 1. The average molecular weight is 469 g/mol. The molecule has 0 aromatic heterocycles. The third-order valence-corrected chi connectivity index (χ3v) is 9.67. The van der Waals surface area contributed by atoms with E-state index in [4.69, 9.17) is 4.74 Å². The molecule has 8 heteroatoms. The Morgan fingerprint density at radius 2 is 1.68 bits per heavy atom. The highest BCUT2D eigenvalue weighted by Crippen LogP contribution is 2.64. The van der Waals surface area contributed by atoms with Crippen LogP contribution in [0.1, 0.15) is 82.0 Å². The number of esters is 1.